The van der Waals surface area contributed by atoms with E-state index < -0.39 is 5.97 Å². The van der Waals surface area contributed by atoms with Gasteiger partial charge in [0.1, 0.15) is 10.6 Å². The van der Waals surface area contributed by atoms with Gasteiger partial charge >= 0.3 is 5.97 Å². The maximum absolute atomic E-state index is 12.3. The molecule has 0 radical (unpaired) electrons. The lowest BCUT2D eigenvalue weighted by Crippen LogP contribution is -2.28. The minimum absolute atomic E-state index is 0.0790. The van der Waals surface area contributed by atoms with Crippen LogP contribution in [-0.2, 0) is 4.79 Å². The molecular formula is C14H16N2O4S. The highest BCUT2D eigenvalue weighted by atomic mass is 32.1. The van der Waals surface area contributed by atoms with E-state index in [2.05, 4.69) is 4.98 Å². The van der Waals surface area contributed by atoms with Gasteiger partial charge in [0, 0.05) is 13.6 Å². The van der Waals surface area contributed by atoms with Gasteiger partial charge in [-0.25, -0.2) is 4.98 Å². The fourth-order valence-electron chi connectivity index (χ4n) is 1.79. The monoisotopic (exact) mass is 308 g/mol. The normalized spacial score (nSPS) is 10.6. The maximum atomic E-state index is 12.3. The second kappa shape index (κ2) is 6.09. The summed E-state index contributed by atoms with van der Waals surface area (Å²) in [6.45, 7) is 3.77. The van der Waals surface area contributed by atoms with Gasteiger partial charge in [0.15, 0.2) is 10.8 Å². The number of hydrogen-bond acceptors (Lipinski definition) is 5. The topological polar surface area (TPSA) is 83.6 Å². The highest BCUT2D eigenvalue weighted by molar-refractivity contribution is 7.17. The largest absolute Gasteiger partial charge is 0.481 e. The molecule has 0 saturated carbocycles. The Hall–Kier alpha value is -2.15. The van der Waals surface area contributed by atoms with E-state index in [0.717, 1.165) is 5.76 Å². The molecule has 2 rings (SSSR count). The Labute approximate surface area is 126 Å². The van der Waals surface area contributed by atoms with Crippen molar-refractivity contribution in [1.82, 2.24) is 9.88 Å². The van der Waals surface area contributed by atoms with E-state index in [0.29, 0.717) is 21.3 Å². The number of thiazole rings is 1. The molecule has 0 unspecified atom stereocenters. The van der Waals surface area contributed by atoms with Gasteiger partial charge in [-0.05, 0) is 26.0 Å². The standard InChI is InChI=1S/C14H16N2O4S/c1-8-4-5-10(20-8)13-15-9(2)12(21-13)14(19)16(3)7-6-11(17)18/h4-5H,6-7H2,1-3H3,(H,17,18). The van der Waals surface area contributed by atoms with Crippen molar-refractivity contribution in [3.63, 3.8) is 0 Å². The van der Waals surface area contributed by atoms with Crippen LogP contribution in [0.1, 0.15) is 27.5 Å². The summed E-state index contributed by atoms with van der Waals surface area (Å²) in [7, 11) is 1.58. The zero-order valence-corrected chi connectivity index (χ0v) is 12.9. The SMILES string of the molecule is Cc1ccc(-c2nc(C)c(C(=O)N(C)CCC(=O)O)s2)o1. The van der Waals surface area contributed by atoms with Crippen LogP contribution in [0.15, 0.2) is 16.5 Å². The third-order valence-corrected chi connectivity index (χ3v) is 4.11. The van der Waals surface area contributed by atoms with E-state index in [9.17, 15) is 9.59 Å². The molecule has 2 aromatic rings. The molecule has 0 aromatic carbocycles. The zero-order valence-electron chi connectivity index (χ0n) is 12.0. The van der Waals surface area contributed by atoms with Crippen molar-refractivity contribution in [1.29, 1.82) is 0 Å². The molecule has 21 heavy (non-hydrogen) atoms. The highest BCUT2D eigenvalue weighted by Gasteiger charge is 2.21. The number of amides is 1. The molecule has 6 nitrogen and oxygen atoms in total. The van der Waals surface area contributed by atoms with Crippen LogP contribution in [0.25, 0.3) is 10.8 Å². The summed E-state index contributed by atoms with van der Waals surface area (Å²) < 4.78 is 5.50. The lowest BCUT2D eigenvalue weighted by Gasteiger charge is -2.14. The molecule has 112 valence electrons. The Morgan fingerprint density at radius 2 is 2.10 bits per heavy atom. The van der Waals surface area contributed by atoms with Crippen LogP contribution in [0.4, 0.5) is 0 Å². The number of rotatable bonds is 5. The van der Waals surface area contributed by atoms with Crippen molar-refractivity contribution >= 4 is 23.2 Å². The molecule has 7 heteroatoms. The Balaban J connectivity index is 2.18. The van der Waals surface area contributed by atoms with Gasteiger partial charge in [0.25, 0.3) is 5.91 Å². The van der Waals surface area contributed by atoms with Crippen molar-refractivity contribution in [2.45, 2.75) is 20.3 Å². The van der Waals surface area contributed by atoms with Crippen LogP contribution in [0.3, 0.4) is 0 Å². The van der Waals surface area contributed by atoms with Crippen molar-refractivity contribution in [2.24, 2.45) is 0 Å². The van der Waals surface area contributed by atoms with Crippen molar-refractivity contribution in [2.75, 3.05) is 13.6 Å². The molecule has 0 atom stereocenters. The van der Waals surface area contributed by atoms with E-state index in [1.165, 1.54) is 16.2 Å². The van der Waals surface area contributed by atoms with Gasteiger partial charge in [0.2, 0.25) is 0 Å². The van der Waals surface area contributed by atoms with E-state index in [1.807, 2.05) is 19.1 Å². The number of carboxylic acid groups (broad SMARTS) is 1. The highest BCUT2D eigenvalue weighted by Crippen LogP contribution is 2.29. The summed E-state index contributed by atoms with van der Waals surface area (Å²) in [6.07, 6.45) is -0.0790. The van der Waals surface area contributed by atoms with E-state index in [-0.39, 0.29) is 18.9 Å². The second-order valence-electron chi connectivity index (χ2n) is 4.71. The minimum atomic E-state index is -0.928. The fraction of sp³-hybridized carbons (Fsp3) is 0.357. The molecule has 1 N–H and O–H groups in total. The summed E-state index contributed by atoms with van der Waals surface area (Å²) >= 11 is 1.25. The molecule has 1 amide bonds. The summed E-state index contributed by atoms with van der Waals surface area (Å²) in [5.41, 5.74) is 0.622. The third-order valence-electron chi connectivity index (χ3n) is 2.95. The van der Waals surface area contributed by atoms with Crippen LogP contribution in [-0.4, -0.2) is 40.5 Å². The van der Waals surface area contributed by atoms with Crippen LogP contribution in [0.5, 0.6) is 0 Å². The number of carbonyl (C=O) groups excluding carboxylic acids is 1. The van der Waals surface area contributed by atoms with E-state index >= 15 is 0 Å². The van der Waals surface area contributed by atoms with Crippen LogP contribution in [0, 0.1) is 13.8 Å². The fourth-order valence-corrected chi connectivity index (χ4v) is 2.81. The molecule has 0 aliphatic rings. The number of nitrogens with zero attached hydrogens (tertiary/aromatic N) is 2. The van der Waals surface area contributed by atoms with E-state index in [4.69, 9.17) is 9.52 Å². The quantitative estimate of drug-likeness (QED) is 0.917. The van der Waals surface area contributed by atoms with E-state index in [1.54, 1.807) is 14.0 Å². The number of carboxylic acids is 1. The first-order chi connectivity index (χ1) is 9.88. The van der Waals surface area contributed by atoms with Crippen LogP contribution < -0.4 is 0 Å². The average molecular weight is 308 g/mol. The van der Waals surface area contributed by atoms with Crippen LogP contribution >= 0.6 is 11.3 Å². The predicted molar refractivity (Wildman–Crippen MR) is 78.5 cm³/mol. The molecule has 0 spiro atoms. The third kappa shape index (κ3) is 3.49. The van der Waals surface area contributed by atoms with Gasteiger partial charge in [-0.1, -0.05) is 0 Å². The number of aromatic nitrogens is 1. The van der Waals surface area contributed by atoms with Gasteiger partial charge in [-0.2, -0.15) is 0 Å². The van der Waals surface area contributed by atoms with Gasteiger partial charge in [0.05, 0.1) is 12.1 Å². The molecular weight excluding hydrogens is 292 g/mol. The number of aliphatic carboxylic acids is 1. The van der Waals surface area contributed by atoms with Crippen molar-refractivity contribution in [3.05, 3.63) is 28.5 Å². The van der Waals surface area contributed by atoms with Crippen LogP contribution in [0.2, 0.25) is 0 Å². The molecule has 0 saturated heterocycles. The van der Waals surface area contributed by atoms with Gasteiger partial charge < -0.3 is 14.4 Å². The maximum Gasteiger partial charge on any atom is 0.305 e. The second-order valence-corrected chi connectivity index (χ2v) is 5.71. The summed E-state index contributed by atoms with van der Waals surface area (Å²) in [4.78, 5) is 29.1. The molecule has 0 bridgehead atoms. The number of furan rings is 1. The molecule has 0 aliphatic carbocycles. The molecule has 0 aliphatic heterocycles. The predicted octanol–water partition coefficient (Wildman–Crippen LogP) is 2.57. The Kier molecular flexibility index (Phi) is 4.42. The summed E-state index contributed by atoms with van der Waals surface area (Å²) in [5, 5.41) is 9.31. The lowest BCUT2D eigenvalue weighted by molar-refractivity contribution is -0.137. The zero-order chi connectivity index (χ0) is 15.6. The first kappa shape index (κ1) is 15.2. The number of carbonyl (C=O) groups is 2. The lowest BCUT2D eigenvalue weighted by atomic mass is 10.3. The number of hydrogen-bond donors (Lipinski definition) is 1. The van der Waals surface area contributed by atoms with Gasteiger partial charge in [-0.15, -0.1) is 11.3 Å². The Morgan fingerprint density at radius 1 is 1.38 bits per heavy atom. The average Bonchev–Trinajstić information content (AvgIpc) is 3.01. The molecule has 0 fully saturated rings. The van der Waals surface area contributed by atoms with Gasteiger partial charge in [-0.3, -0.25) is 9.59 Å². The summed E-state index contributed by atoms with van der Waals surface area (Å²) in [5.74, 6) is 0.264. The minimum Gasteiger partial charge on any atom is -0.481 e. The molecule has 2 heterocycles. The Morgan fingerprint density at radius 3 is 2.67 bits per heavy atom. The Bertz CT molecular complexity index is 674. The van der Waals surface area contributed by atoms with Crippen molar-refractivity contribution in [3.8, 4) is 10.8 Å². The number of aryl methyl sites for hydroxylation is 2. The first-order valence-electron chi connectivity index (χ1n) is 6.40. The molecule has 2 aromatic heterocycles. The smallest absolute Gasteiger partial charge is 0.305 e. The summed E-state index contributed by atoms with van der Waals surface area (Å²) in [6, 6.07) is 3.66. The first-order valence-corrected chi connectivity index (χ1v) is 7.21. The van der Waals surface area contributed by atoms with Crippen molar-refractivity contribution < 1.29 is 19.1 Å².